The number of likely N-dealkylation sites (N-methyl/N-ethyl adjacent to an activating group) is 1. The summed E-state index contributed by atoms with van der Waals surface area (Å²) in [5.41, 5.74) is 0. The second-order valence-corrected chi connectivity index (χ2v) is 3.87. The van der Waals surface area contributed by atoms with Gasteiger partial charge in [-0.3, -0.25) is 0 Å². The summed E-state index contributed by atoms with van der Waals surface area (Å²) in [6.45, 7) is 1.62. The minimum atomic E-state index is -0.866. The van der Waals surface area contributed by atoms with Crippen LogP contribution in [-0.2, 0) is 4.79 Å². The number of carbonyl (C=O) groups is 1. The lowest BCUT2D eigenvalue weighted by atomic mass is 10.3. The van der Waals surface area contributed by atoms with Crippen molar-refractivity contribution in [1.29, 1.82) is 0 Å². The lowest BCUT2D eigenvalue weighted by Gasteiger charge is -2.22. The van der Waals surface area contributed by atoms with Crippen molar-refractivity contribution in [2.75, 3.05) is 11.9 Å². The van der Waals surface area contributed by atoms with E-state index in [9.17, 15) is 4.79 Å². The predicted molar refractivity (Wildman–Crippen MR) is 57.4 cm³/mol. The molecule has 0 amide bonds. The van der Waals surface area contributed by atoms with Crippen molar-refractivity contribution in [3.8, 4) is 0 Å². The Morgan fingerprint density at radius 2 is 2.36 bits per heavy atom. The van der Waals surface area contributed by atoms with Gasteiger partial charge in [0.2, 0.25) is 0 Å². The maximum absolute atomic E-state index is 10.7. The van der Waals surface area contributed by atoms with Gasteiger partial charge < -0.3 is 10.0 Å². The molecule has 14 heavy (non-hydrogen) atoms. The number of carboxylic acids is 1. The molecule has 0 spiro atoms. The van der Waals surface area contributed by atoms with E-state index in [0.717, 1.165) is 4.47 Å². The SMILES string of the molecule is CC(C(=O)O)N(C)c1cc(Br)ccn1. The average Bonchev–Trinajstić information content (AvgIpc) is 2.15. The van der Waals surface area contributed by atoms with Gasteiger partial charge in [0.1, 0.15) is 11.9 Å². The Labute approximate surface area is 90.7 Å². The third-order valence-electron chi connectivity index (χ3n) is 2.01. The summed E-state index contributed by atoms with van der Waals surface area (Å²) in [4.78, 5) is 16.4. The third kappa shape index (κ3) is 2.45. The molecule has 1 unspecified atom stereocenters. The highest BCUT2D eigenvalue weighted by molar-refractivity contribution is 9.10. The molecule has 0 bridgehead atoms. The van der Waals surface area contributed by atoms with Crippen LogP contribution in [0, 0.1) is 0 Å². The summed E-state index contributed by atoms with van der Waals surface area (Å²) in [6.07, 6.45) is 1.63. The number of aliphatic carboxylic acids is 1. The van der Waals surface area contributed by atoms with E-state index in [0.29, 0.717) is 5.82 Å². The van der Waals surface area contributed by atoms with Crippen LogP contribution in [0.25, 0.3) is 0 Å². The van der Waals surface area contributed by atoms with Crippen molar-refractivity contribution >= 4 is 27.7 Å². The molecule has 0 saturated heterocycles. The number of nitrogens with zero attached hydrogens (tertiary/aromatic N) is 2. The van der Waals surface area contributed by atoms with Crippen LogP contribution in [-0.4, -0.2) is 29.1 Å². The molecule has 0 fully saturated rings. The second-order valence-electron chi connectivity index (χ2n) is 2.96. The molecule has 5 heteroatoms. The Morgan fingerprint density at radius 1 is 1.71 bits per heavy atom. The Morgan fingerprint density at radius 3 is 2.86 bits per heavy atom. The summed E-state index contributed by atoms with van der Waals surface area (Å²) < 4.78 is 0.881. The summed E-state index contributed by atoms with van der Waals surface area (Å²) in [5.74, 6) is -0.233. The molecule has 1 aromatic heterocycles. The van der Waals surface area contributed by atoms with Gasteiger partial charge in [0.25, 0.3) is 0 Å². The van der Waals surface area contributed by atoms with Gasteiger partial charge in [-0.05, 0) is 19.1 Å². The van der Waals surface area contributed by atoms with Crippen LogP contribution in [0.2, 0.25) is 0 Å². The van der Waals surface area contributed by atoms with Crippen LogP contribution in [0.4, 0.5) is 5.82 Å². The number of carboxylic acid groups (broad SMARTS) is 1. The van der Waals surface area contributed by atoms with Gasteiger partial charge in [0.05, 0.1) is 0 Å². The molecule has 0 aromatic carbocycles. The van der Waals surface area contributed by atoms with Gasteiger partial charge >= 0.3 is 5.97 Å². The molecule has 0 saturated carbocycles. The fourth-order valence-corrected chi connectivity index (χ4v) is 1.27. The molecule has 0 aliphatic heterocycles. The Balaban J connectivity index is 2.89. The highest BCUT2D eigenvalue weighted by Gasteiger charge is 2.17. The molecule has 1 atom stereocenters. The van der Waals surface area contributed by atoms with E-state index in [1.54, 1.807) is 37.2 Å². The molecule has 1 N–H and O–H groups in total. The van der Waals surface area contributed by atoms with Crippen molar-refractivity contribution in [2.24, 2.45) is 0 Å². The average molecular weight is 259 g/mol. The van der Waals surface area contributed by atoms with Gasteiger partial charge in [-0.2, -0.15) is 0 Å². The lowest BCUT2D eigenvalue weighted by molar-refractivity contribution is -0.138. The maximum Gasteiger partial charge on any atom is 0.326 e. The zero-order chi connectivity index (χ0) is 10.7. The molecule has 1 rings (SSSR count). The Hall–Kier alpha value is -1.10. The van der Waals surface area contributed by atoms with Crippen LogP contribution < -0.4 is 4.90 Å². The van der Waals surface area contributed by atoms with Crippen LogP contribution in [0.15, 0.2) is 22.8 Å². The first kappa shape index (κ1) is 11.0. The number of hydrogen-bond donors (Lipinski definition) is 1. The predicted octanol–water partition coefficient (Wildman–Crippen LogP) is 1.75. The van der Waals surface area contributed by atoms with Crippen molar-refractivity contribution in [2.45, 2.75) is 13.0 Å². The van der Waals surface area contributed by atoms with Crippen molar-refractivity contribution in [3.05, 3.63) is 22.8 Å². The van der Waals surface area contributed by atoms with E-state index < -0.39 is 12.0 Å². The first-order chi connectivity index (χ1) is 6.52. The topological polar surface area (TPSA) is 53.4 Å². The first-order valence-corrected chi connectivity index (χ1v) is 4.89. The van der Waals surface area contributed by atoms with E-state index in [1.165, 1.54) is 0 Å². The molecular formula is C9H11BrN2O2. The number of halogens is 1. The monoisotopic (exact) mass is 258 g/mol. The largest absolute Gasteiger partial charge is 0.480 e. The minimum Gasteiger partial charge on any atom is -0.480 e. The van der Waals surface area contributed by atoms with Crippen molar-refractivity contribution in [1.82, 2.24) is 4.98 Å². The molecule has 76 valence electrons. The lowest BCUT2D eigenvalue weighted by Crippen LogP contribution is -2.36. The summed E-state index contributed by atoms with van der Waals surface area (Å²) >= 11 is 3.30. The first-order valence-electron chi connectivity index (χ1n) is 4.09. The molecule has 0 aliphatic rings. The Kier molecular flexibility index (Phi) is 3.46. The summed E-state index contributed by atoms with van der Waals surface area (Å²) in [6, 6.07) is 2.99. The smallest absolute Gasteiger partial charge is 0.326 e. The number of pyridine rings is 1. The number of anilines is 1. The number of aromatic nitrogens is 1. The van der Waals surface area contributed by atoms with Gasteiger partial charge in [0.15, 0.2) is 0 Å². The molecule has 0 aliphatic carbocycles. The zero-order valence-electron chi connectivity index (χ0n) is 7.94. The highest BCUT2D eigenvalue weighted by atomic mass is 79.9. The van der Waals surface area contributed by atoms with Gasteiger partial charge in [-0.1, -0.05) is 15.9 Å². The summed E-state index contributed by atoms with van der Waals surface area (Å²) in [5, 5.41) is 8.80. The quantitative estimate of drug-likeness (QED) is 0.898. The third-order valence-corrected chi connectivity index (χ3v) is 2.50. The van der Waals surface area contributed by atoms with E-state index in [4.69, 9.17) is 5.11 Å². The van der Waals surface area contributed by atoms with Crippen LogP contribution in [0.3, 0.4) is 0 Å². The number of rotatable bonds is 3. The van der Waals surface area contributed by atoms with Crippen LogP contribution in [0.5, 0.6) is 0 Å². The standard InChI is InChI=1S/C9H11BrN2O2/c1-6(9(13)14)12(2)8-5-7(10)3-4-11-8/h3-6H,1-2H3,(H,13,14). The van der Waals surface area contributed by atoms with Crippen molar-refractivity contribution in [3.63, 3.8) is 0 Å². The van der Waals surface area contributed by atoms with Crippen molar-refractivity contribution < 1.29 is 9.90 Å². The Bertz CT molecular complexity index is 343. The van der Waals surface area contributed by atoms with E-state index >= 15 is 0 Å². The van der Waals surface area contributed by atoms with Crippen LogP contribution in [0.1, 0.15) is 6.92 Å². The van der Waals surface area contributed by atoms with Gasteiger partial charge in [-0.25, -0.2) is 9.78 Å². The maximum atomic E-state index is 10.7. The highest BCUT2D eigenvalue weighted by Crippen LogP contribution is 2.17. The van der Waals surface area contributed by atoms with Gasteiger partial charge in [0, 0.05) is 17.7 Å². The fourth-order valence-electron chi connectivity index (χ4n) is 0.951. The minimum absolute atomic E-state index is 0.586. The van der Waals surface area contributed by atoms with Crippen LogP contribution >= 0.6 is 15.9 Å². The fraction of sp³-hybridized carbons (Fsp3) is 0.333. The zero-order valence-corrected chi connectivity index (χ0v) is 9.52. The van der Waals surface area contributed by atoms with E-state index in [1.807, 2.05) is 0 Å². The summed E-state index contributed by atoms with van der Waals surface area (Å²) in [7, 11) is 1.70. The molecular weight excluding hydrogens is 248 g/mol. The molecule has 0 radical (unpaired) electrons. The second kappa shape index (κ2) is 4.41. The molecule has 4 nitrogen and oxygen atoms in total. The number of hydrogen-bond acceptors (Lipinski definition) is 3. The van der Waals surface area contributed by atoms with E-state index in [2.05, 4.69) is 20.9 Å². The van der Waals surface area contributed by atoms with Gasteiger partial charge in [-0.15, -0.1) is 0 Å². The molecule has 1 aromatic rings. The molecule has 1 heterocycles. The van der Waals surface area contributed by atoms with E-state index in [-0.39, 0.29) is 0 Å². The normalized spacial score (nSPS) is 12.2.